The van der Waals surface area contributed by atoms with E-state index in [1.807, 2.05) is 4.72 Å². The zero-order valence-corrected chi connectivity index (χ0v) is 17.2. The van der Waals surface area contributed by atoms with Crippen LogP contribution in [0.2, 0.25) is 0 Å². The van der Waals surface area contributed by atoms with Gasteiger partial charge in [0.05, 0.1) is 36.2 Å². The number of nitrogens with one attached hydrogen (secondary N) is 1. The second-order valence-electron chi connectivity index (χ2n) is 6.99. The number of benzene rings is 2. The molecule has 2 aromatic rings. The second kappa shape index (κ2) is 8.47. The van der Waals surface area contributed by atoms with Crippen molar-refractivity contribution in [2.75, 3.05) is 29.8 Å². The van der Waals surface area contributed by atoms with Crippen LogP contribution in [-0.4, -0.2) is 57.1 Å². The third-order valence-electron chi connectivity index (χ3n) is 4.83. The number of methoxy groups -OCH3 is 1. The molecule has 1 aliphatic heterocycles. The Morgan fingerprint density at radius 1 is 1.19 bits per heavy atom. The molecule has 8 nitrogen and oxygen atoms in total. The monoisotopic (exact) mass is 478 g/mol. The van der Waals surface area contributed by atoms with E-state index in [1.165, 1.54) is 4.90 Å². The third-order valence-corrected chi connectivity index (χ3v) is 6.22. The van der Waals surface area contributed by atoms with Crippen molar-refractivity contribution in [2.45, 2.75) is 23.3 Å². The first-order chi connectivity index (χ1) is 14.8. The van der Waals surface area contributed by atoms with Gasteiger partial charge < -0.3 is 19.8 Å². The molecule has 13 heteroatoms. The molecule has 1 fully saturated rings. The lowest BCUT2D eigenvalue weighted by Crippen LogP contribution is -2.24. The van der Waals surface area contributed by atoms with Gasteiger partial charge in [0, 0.05) is 6.54 Å². The number of rotatable bonds is 6. The van der Waals surface area contributed by atoms with Crippen LogP contribution in [0.1, 0.15) is 15.9 Å². The predicted octanol–water partition coefficient (Wildman–Crippen LogP) is 2.73. The number of hydrogen-bond acceptors (Lipinski definition) is 6. The van der Waals surface area contributed by atoms with Gasteiger partial charge >= 0.3 is 12.1 Å². The number of carbonyl (C=O) groups is 1. The number of halogens is 4. The number of sulfonamides is 1. The lowest BCUT2D eigenvalue weighted by Gasteiger charge is -2.23. The molecule has 1 aliphatic rings. The summed E-state index contributed by atoms with van der Waals surface area (Å²) in [6.07, 6.45) is -7.87. The molecular weight excluding hydrogens is 460 g/mol. The Hall–Kier alpha value is -3.06. The number of ether oxygens (including phenoxy) is 1. The van der Waals surface area contributed by atoms with Gasteiger partial charge in [0.25, 0.3) is 10.0 Å². The first-order valence-electron chi connectivity index (χ1n) is 9.06. The lowest BCUT2D eigenvalue weighted by molar-refractivity contribution is -0.137. The zero-order valence-electron chi connectivity index (χ0n) is 16.4. The number of hydrogen-bond donors (Lipinski definition) is 3. The molecule has 0 unspecified atom stereocenters. The van der Waals surface area contributed by atoms with Crippen LogP contribution in [0.25, 0.3) is 0 Å². The summed E-state index contributed by atoms with van der Waals surface area (Å²) in [5.74, 6) is -1.67. The van der Waals surface area contributed by atoms with E-state index < -0.39 is 56.2 Å². The normalized spacial score (nSPS) is 19.1. The maximum absolute atomic E-state index is 13.8. The summed E-state index contributed by atoms with van der Waals surface area (Å²) < 4.78 is 86.5. The van der Waals surface area contributed by atoms with E-state index in [2.05, 4.69) is 0 Å². The van der Waals surface area contributed by atoms with E-state index >= 15 is 0 Å². The van der Waals surface area contributed by atoms with Gasteiger partial charge in [0.15, 0.2) is 0 Å². The number of carboxylic acids is 1. The molecule has 0 saturated carbocycles. The SMILES string of the molecule is COc1ccc(C(=O)O)cc1S(=O)(=O)Nc1cc(C(F)(F)F)ccc1N1C[C@H](O)[C@@H](F)C1. The highest BCUT2D eigenvalue weighted by atomic mass is 32.2. The van der Waals surface area contributed by atoms with Crippen LogP contribution in [0, 0.1) is 0 Å². The number of aromatic carboxylic acids is 1. The number of β-amino-alcohol motifs (C(OH)–C–C–N with tert-alkyl or cyclic N) is 1. The fraction of sp³-hybridized carbons (Fsp3) is 0.316. The van der Waals surface area contributed by atoms with E-state index in [0.29, 0.717) is 12.1 Å². The van der Waals surface area contributed by atoms with Crippen molar-refractivity contribution < 1.29 is 45.7 Å². The second-order valence-corrected chi connectivity index (χ2v) is 8.65. The van der Waals surface area contributed by atoms with Crippen LogP contribution in [0.15, 0.2) is 41.3 Å². The molecule has 0 bridgehead atoms. The maximum atomic E-state index is 13.8. The van der Waals surface area contributed by atoms with Gasteiger partial charge in [-0.25, -0.2) is 17.6 Å². The van der Waals surface area contributed by atoms with Crippen LogP contribution in [0.5, 0.6) is 5.75 Å². The molecule has 3 rings (SSSR count). The molecule has 0 amide bonds. The van der Waals surface area contributed by atoms with Gasteiger partial charge in [-0.1, -0.05) is 0 Å². The summed E-state index contributed by atoms with van der Waals surface area (Å²) in [5, 5.41) is 18.8. The van der Waals surface area contributed by atoms with Crippen LogP contribution >= 0.6 is 0 Å². The molecule has 32 heavy (non-hydrogen) atoms. The number of aliphatic hydroxyl groups is 1. The highest BCUT2D eigenvalue weighted by Crippen LogP contribution is 2.38. The largest absolute Gasteiger partial charge is 0.495 e. The van der Waals surface area contributed by atoms with Crippen LogP contribution in [0.3, 0.4) is 0 Å². The first kappa shape index (κ1) is 23.6. The minimum absolute atomic E-state index is 0.0888. The van der Waals surface area contributed by atoms with Gasteiger partial charge in [-0.15, -0.1) is 0 Å². The molecule has 0 spiro atoms. The summed E-state index contributed by atoms with van der Waals surface area (Å²) in [6.45, 7) is -0.627. The Balaban J connectivity index is 2.10. The summed E-state index contributed by atoms with van der Waals surface area (Å²) in [6, 6.07) is 5.21. The van der Waals surface area contributed by atoms with Crippen LogP contribution in [-0.2, 0) is 16.2 Å². The molecule has 2 aromatic carbocycles. The van der Waals surface area contributed by atoms with Gasteiger partial charge in [0.1, 0.15) is 22.9 Å². The number of carboxylic acid groups (broad SMARTS) is 1. The topological polar surface area (TPSA) is 116 Å². The summed E-state index contributed by atoms with van der Waals surface area (Å²) in [4.78, 5) is 11.8. The molecule has 2 atom stereocenters. The molecule has 0 aromatic heterocycles. The summed E-state index contributed by atoms with van der Waals surface area (Å²) >= 11 is 0. The fourth-order valence-corrected chi connectivity index (χ4v) is 4.49. The molecule has 3 N–H and O–H groups in total. The smallest absolute Gasteiger partial charge is 0.416 e. The van der Waals surface area contributed by atoms with Crippen molar-refractivity contribution in [3.63, 3.8) is 0 Å². The number of nitrogens with zero attached hydrogens (tertiary/aromatic N) is 1. The molecule has 1 saturated heterocycles. The van der Waals surface area contributed by atoms with Gasteiger partial charge in [-0.3, -0.25) is 4.72 Å². The molecule has 174 valence electrons. The average Bonchev–Trinajstić information content (AvgIpc) is 3.04. The predicted molar refractivity (Wildman–Crippen MR) is 105 cm³/mol. The van der Waals surface area contributed by atoms with Crippen molar-refractivity contribution in [2.24, 2.45) is 0 Å². The number of anilines is 2. The van der Waals surface area contributed by atoms with Crippen LogP contribution < -0.4 is 14.4 Å². The van der Waals surface area contributed by atoms with Crippen molar-refractivity contribution in [1.82, 2.24) is 0 Å². The first-order valence-corrected chi connectivity index (χ1v) is 10.5. The Morgan fingerprint density at radius 2 is 1.88 bits per heavy atom. The van der Waals surface area contributed by atoms with Gasteiger partial charge in [0.2, 0.25) is 0 Å². The molecular formula is C19H18F4N2O6S. The van der Waals surface area contributed by atoms with E-state index in [9.17, 15) is 35.9 Å². The molecule has 0 radical (unpaired) electrons. The van der Waals surface area contributed by atoms with E-state index in [0.717, 1.165) is 31.4 Å². The van der Waals surface area contributed by atoms with Gasteiger partial charge in [-0.05, 0) is 36.4 Å². The quantitative estimate of drug-likeness (QED) is 0.547. The van der Waals surface area contributed by atoms with Crippen molar-refractivity contribution in [3.05, 3.63) is 47.5 Å². The highest BCUT2D eigenvalue weighted by Gasteiger charge is 2.36. The fourth-order valence-electron chi connectivity index (χ4n) is 3.23. The summed E-state index contributed by atoms with van der Waals surface area (Å²) in [7, 11) is -3.51. The zero-order chi connectivity index (χ0) is 23.8. The molecule has 1 heterocycles. The summed E-state index contributed by atoms with van der Waals surface area (Å²) in [5.41, 5.74) is -2.17. The average molecular weight is 478 g/mol. The number of aliphatic hydroxyl groups excluding tert-OH is 1. The third kappa shape index (κ3) is 4.72. The van der Waals surface area contributed by atoms with Gasteiger partial charge in [-0.2, -0.15) is 13.2 Å². The number of alkyl halides is 4. The lowest BCUT2D eigenvalue weighted by atomic mass is 10.1. The van der Waals surface area contributed by atoms with Crippen molar-refractivity contribution in [3.8, 4) is 5.75 Å². The van der Waals surface area contributed by atoms with Crippen molar-refractivity contribution >= 4 is 27.4 Å². The van der Waals surface area contributed by atoms with E-state index in [4.69, 9.17) is 9.84 Å². The Morgan fingerprint density at radius 3 is 2.41 bits per heavy atom. The van der Waals surface area contributed by atoms with Crippen LogP contribution in [0.4, 0.5) is 28.9 Å². The van der Waals surface area contributed by atoms with E-state index in [1.54, 1.807) is 0 Å². The highest BCUT2D eigenvalue weighted by molar-refractivity contribution is 7.92. The minimum Gasteiger partial charge on any atom is -0.495 e. The Bertz CT molecular complexity index is 1130. The maximum Gasteiger partial charge on any atom is 0.416 e. The van der Waals surface area contributed by atoms with E-state index in [-0.39, 0.29) is 24.5 Å². The van der Waals surface area contributed by atoms with Crippen molar-refractivity contribution in [1.29, 1.82) is 0 Å². The molecule has 0 aliphatic carbocycles. The minimum atomic E-state index is -4.80. The Kier molecular flexibility index (Phi) is 6.24. The Labute approximate surface area is 180 Å². The standard InChI is InChI=1S/C19H18F4N2O6S/c1-31-16-5-2-10(18(27)28)6-17(16)32(29,30)24-13-7-11(19(21,22)23)3-4-14(13)25-8-12(20)15(26)9-25/h2-7,12,15,24,26H,8-9H2,1H3,(H,27,28)/t12-,15-/m0/s1.